The number of carbonyl (C=O) groups excluding carboxylic acids is 1. The molecule has 0 fully saturated rings. The number of rotatable bonds is 4. The van der Waals surface area contributed by atoms with Crippen LogP contribution in [0.1, 0.15) is 17.2 Å². The predicted octanol–water partition coefficient (Wildman–Crippen LogP) is 3.62. The van der Waals surface area contributed by atoms with E-state index in [1.807, 2.05) is 12.1 Å². The van der Waals surface area contributed by atoms with Crippen LogP contribution in [-0.2, 0) is 6.54 Å². The number of thioether (sulfide) groups is 1. The minimum absolute atomic E-state index is 0.0482. The fourth-order valence-corrected chi connectivity index (χ4v) is 3.32. The molecule has 27 heavy (non-hydrogen) atoms. The van der Waals surface area contributed by atoms with E-state index in [-0.39, 0.29) is 18.3 Å². The Morgan fingerprint density at radius 2 is 2.04 bits per heavy atom. The lowest BCUT2D eigenvalue weighted by atomic mass is 10.1. The van der Waals surface area contributed by atoms with Crippen LogP contribution in [0.4, 0.5) is 18.0 Å². The molecule has 1 aliphatic heterocycles. The van der Waals surface area contributed by atoms with Gasteiger partial charge in [-0.05, 0) is 35.4 Å². The Morgan fingerprint density at radius 1 is 1.26 bits per heavy atom. The number of amidine groups is 1. The SMILES string of the molecule is O=C(NCc1cccc(OC(F)(F)F)c1)NC1=NC(c2ccncc2)CS1. The molecule has 2 heterocycles. The summed E-state index contributed by atoms with van der Waals surface area (Å²) in [5, 5.41) is 5.71. The van der Waals surface area contributed by atoms with Crippen LogP contribution < -0.4 is 15.4 Å². The molecule has 2 aromatic rings. The van der Waals surface area contributed by atoms with E-state index in [0.717, 1.165) is 5.56 Å². The summed E-state index contributed by atoms with van der Waals surface area (Å²) < 4.78 is 40.6. The lowest BCUT2D eigenvalue weighted by molar-refractivity contribution is -0.274. The van der Waals surface area contributed by atoms with Crippen molar-refractivity contribution in [2.24, 2.45) is 4.99 Å². The van der Waals surface area contributed by atoms with Crippen molar-refractivity contribution in [2.75, 3.05) is 5.75 Å². The van der Waals surface area contributed by atoms with Crippen molar-refractivity contribution in [1.29, 1.82) is 0 Å². The van der Waals surface area contributed by atoms with Gasteiger partial charge in [-0.25, -0.2) is 4.79 Å². The number of nitrogens with one attached hydrogen (secondary N) is 2. The third kappa shape index (κ3) is 5.88. The highest BCUT2D eigenvalue weighted by atomic mass is 32.2. The summed E-state index contributed by atoms with van der Waals surface area (Å²) in [6.45, 7) is 0.0482. The number of alkyl halides is 3. The molecule has 1 atom stereocenters. The predicted molar refractivity (Wildman–Crippen MR) is 95.4 cm³/mol. The Kier molecular flexibility index (Phi) is 5.84. The number of urea groups is 1. The van der Waals surface area contributed by atoms with Crippen LogP contribution in [0.5, 0.6) is 5.75 Å². The number of aromatic nitrogens is 1. The fraction of sp³-hybridized carbons (Fsp3) is 0.235. The molecular weight excluding hydrogens is 381 g/mol. The first-order chi connectivity index (χ1) is 12.9. The van der Waals surface area contributed by atoms with Crippen LogP contribution in [0.15, 0.2) is 53.8 Å². The minimum atomic E-state index is -4.76. The van der Waals surface area contributed by atoms with Crippen molar-refractivity contribution in [1.82, 2.24) is 15.6 Å². The van der Waals surface area contributed by atoms with Gasteiger partial charge in [-0.1, -0.05) is 23.9 Å². The maximum Gasteiger partial charge on any atom is 0.573 e. The Labute approximate surface area is 157 Å². The summed E-state index contributed by atoms with van der Waals surface area (Å²) in [6, 6.07) is 8.62. The fourth-order valence-electron chi connectivity index (χ4n) is 2.37. The molecule has 0 spiro atoms. The first-order valence-electron chi connectivity index (χ1n) is 7.89. The molecule has 0 aliphatic carbocycles. The Morgan fingerprint density at radius 3 is 2.78 bits per heavy atom. The van der Waals surface area contributed by atoms with Gasteiger partial charge in [-0.2, -0.15) is 0 Å². The smallest absolute Gasteiger partial charge is 0.406 e. The highest BCUT2D eigenvalue weighted by Crippen LogP contribution is 2.29. The van der Waals surface area contributed by atoms with E-state index in [2.05, 4.69) is 25.3 Å². The zero-order chi connectivity index (χ0) is 19.3. The van der Waals surface area contributed by atoms with E-state index in [1.165, 1.54) is 30.0 Å². The first kappa shape index (κ1) is 19.0. The zero-order valence-corrected chi connectivity index (χ0v) is 14.7. The quantitative estimate of drug-likeness (QED) is 0.828. The maximum atomic E-state index is 12.2. The van der Waals surface area contributed by atoms with Gasteiger partial charge in [-0.15, -0.1) is 13.2 Å². The summed E-state index contributed by atoms with van der Waals surface area (Å²) in [6.07, 6.45) is -1.39. The average Bonchev–Trinajstić information content (AvgIpc) is 3.08. The van der Waals surface area contributed by atoms with Gasteiger partial charge in [0.2, 0.25) is 0 Å². The lowest BCUT2D eigenvalue weighted by Gasteiger charge is -2.11. The molecule has 0 saturated heterocycles. The van der Waals surface area contributed by atoms with Crippen molar-refractivity contribution in [3.05, 3.63) is 59.9 Å². The molecule has 6 nitrogen and oxygen atoms in total. The van der Waals surface area contributed by atoms with E-state index in [1.54, 1.807) is 18.5 Å². The molecule has 142 valence electrons. The van der Waals surface area contributed by atoms with Crippen LogP contribution >= 0.6 is 11.8 Å². The van der Waals surface area contributed by atoms with Crippen LogP contribution in [0.3, 0.4) is 0 Å². The van der Waals surface area contributed by atoms with Gasteiger partial charge < -0.3 is 10.1 Å². The molecule has 10 heteroatoms. The summed E-state index contributed by atoms with van der Waals surface area (Å²) >= 11 is 1.42. The largest absolute Gasteiger partial charge is 0.573 e. The summed E-state index contributed by atoms with van der Waals surface area (Å²) in [5.41, 5.74) is 1.48. The highest BCUT2D eigenvalue weighted by Gasteiger charge is 2.31. The topological polar surface area (TPSA) is 75.6 Å². The second-order valence-corrected chi connectivity index (χ2v) is 6.55. The van der Waals surface area contributed by atoms with E-state index in [0.29, 0.717) is 16.5 Å². The standard InChI is InChI=1S/C17H15F3N4O2S/c18-17(19,20)26-13-3-1-2-11(8-13)9-22-15(25)24-16-23-14(10-27-16)12-4-6-21-7-5-12/h1-8,14H,9-10H2,(H2,22,23,24,25). The number of benzene rings is 1. The van der Waals surface area contributed by atoms with Crippen molar-refractivity contribution in [3.8, 4) is 5.75 Å². The number of hydrogen-bond acceptors (Lipinski definition) is 5. The maximum absolute atomic E-state index is 12.2. The Bertz CT molecular complexity index is 830. The summed E-state index contributed by atoms with van der Waals surface area (Å²) in [4.78, 5) is 20.4. The van der Waals surface area contributed by atoms with E-state index < -0.39 is 12.4 Å². The molecule has 3 rings (SSSR count). The third-order valence-corrected chi connectivity index (χ3v) is 4.51. The number of pyridine rings is 1. The molecule has 2 N–H and O–H groups in total. The number of halogens is 3. The molecule has 1 unspecified atom stereocenters. The van der Waals surface area contributed by atoms with Crippen LogP contribution in [-0.4, -0.2) is 28.3 Å². The van der Waals surface area contributed by atoms with Gasteiger partial charge in [0, 0.05) is 24.7 Å². The van der Waals surface area contributed by atoms with Crippen LogP contribution in [0.2, 0.25) is 0 Å². The summed E-state index contributed by atoms with van der Waals surface area (Å²) in [7, 11) is 0. The monoisotopic (exact) mass is 396 g/mol. The van der Waals surface area contributed by atoms with Gasteiger partial charge >= 0.3 is 12.4 Å². The average molecular weight is 396 g/mol. The van der Waals surface area contributed by atoms with Crippen molar-refractivity contribution in [2.45, 2.75) is 18.9 Å². The number of ether oxygens (including phenoxy) is 1. The van der Waals surface area contributed by atoms with Crippen LogP contribution in [0.25, 0.3) is 0 Å². The van der Waals surface area contributed by atoms with E-state index in [9.17, 15) is 18.0 Å². The first-order valence-corrected chi connectivity index (χ1v) is 8.88. The lowest BCUT2D eigenvalue weighted by Crippen LogP contribution is -2.37. The third-order valence-electron chi connectivity index (χ3n) is 3.55. The number of hydrogen-bond donors (Lipinski definition) is 2. The molecule has 0 bridgehead atoms. The molecular formula is C17H15F3N4O2S. The molecule has 2 amide bonds. The Balaban J connectivity index is 1.51. The van der Waals surface area contributed by atoms with Crippen molar-refractivity contribution < 1.29 is 22.7 Å². The van der Waals surface area contributed by atoms with Gasteiger partial charge in [-0.3, -0.25) is 15.3 Å². The van der Waals surface area contributed by atoms with Gasteiger partial charge in [0.05, 0.1) is 6.04 Å². The number of amides is 2. The highest BCUT2D eigenvalue weighted by molar-refractivity contribution is 8.14. The molecule has 1 aromatic carbocycles. The van der Waals surface area contributed by atoms with E-state index >= 15 is 0 Å². The summed E-state index contributed by atoms with van der Waals surface area (Å²) in [5.74, 6) is 0.370. The zero-order valence-electron chi connectivity index (χ0n) is 13.9. The van der Waals surface area contributed by atoms with Gasteiger partial charge in [0.15, 0.2) is 5.17 Å². The minimum Gasteiger partial charge on any atom is -0.406 e. The van der Waals surface area contributed by atoms with Gasteiger partial charge in [0.1, 0.15) is 5.75 Å². The molecule has 0 radical (unpaired) electrons. The molecule has 1 aromatic heterocycles. The van der Waals surface area contributed by atoms with Gasteiger partial charge in [0.25, 0.3) is 0 Å². The second-order valence-electron chi connectivity index (χ2n) is 5.54. The number of nitrogens with zero attached hydrogens (tertiary/aromatic N) is 2. The molecule has 0 saturated carbocycles. The van der Waals surface area contributed by atoms with Crippen molar-refractivity contribution in [3.63, 3.8) is 0 Å². The van der Waals surface area contributed by atoms with Crippen LogP contribution in [0, 0.1) is 0 Å². The normalized spacial score (nSPS) is 16.6. The Hall–Kier alpha value is -2.75. The second kappa shape index (κ2) is 8.30. The number of carbonyl (C=O) groups is 1. The van der Waals surface area contributed by atoms with E-state index in [4.69, 9.17) is 0 Å². The molecule has 1 aliphatic rings. The van der Waals surface area contributed by atoms with Crippen molar-refractivity contribution >= 4 is 23.0 Å². The number of aliphatic imine (C=N–C) groups is 1.